The van der Waals surface area contributed by atoms with Crippen LogP contribution in [-0.4, -0.2) is 37.8 Å². The van der Waals surface area contributed by atoms with E-state index in [1.54, 1.807) is 0 Å². The monoisotopic (exact) mass is 281 g/mol. The smallest absolute Gasteiger partial charge is 0.240 e. The van der Waals surface area contributed by atoms with Gasteiger partial charge in [-0.1, -0.05) is 0 Å². The summed E-state index contributed by atoms with van der Waals surface area (Å²) in [5.74, 6) is 0.145. The normalized spacial score (nSPS) is 18.8. The zero-order valence-corrected chi connectivity index (χ0v) is 12.1. The van der Waals surface area contributed by atoms with Crippen molar-refractivity contribution in [3.63, 3.8) is 0 Å². The minimum Gasteiger partial charge on any atom is -0.354 e. The molecule has 0 bridgehead atoms. The van der Waals surface area contributed by atoms with Crippen molar-refractivity contribution in [2.24, 2.45) is 5.41 Å². The summed E-state index contributed by atoms with van der Waals surface area (Å²) in [6.45, 7) is 3.38. The minimum atomic E-state index is -3.40. The molecule has 0 aromatic carbocycles. The topological polar surface area (TPSA) is 63.2 Å². The number of hydrogen-bond acceptors (Lipinski definition) is 3. The number of sulfone groups is 1. The van der Waals surface area contributed by atoms with E-state index in [1.165, 1.54) is 13.8 Å². The molecule has 17 heavy (non-hydrogen) atoms. The van der Waals surface area contributed by atoms with Gasteiger partial charge in [-0.3, -0.25) is 4.79 Å². The van der Waals surface area contributed by atoms with E-state index in [-0.39, 0.29) is 5.41 Å². The second-order valence-corrected chi connectivity index (χ2v) is 8.35. The van der Waals surface area contributed by atoms with Crippen LogP contribution in [0.25, 0.3) is 0 Å². The molecule has 1 aliphatic rings. The molecular formula is C11H20ClNO3S. The highest BCUT2D eigenvalue weighted by atomic mass is 35.5. The Morgan fingerprint density at radius 1 is 1.41 bits per heavy atom. The van der Waals surface area contributed by atoms with Gasteiger partial charge in [0.25, 0.3) is 0 Å². The molecule has 6 heteroatoms. The summed E-state index contributed by atoms with van der Waals surface area (Å²) in [7, 11) is -3.40. The van der Waals surface area contributed by atoms with Crippen LogP contribution in [-0.2, 0) is 14.6 Å². The number of amides is 1. The second kappa shape index (κ2) is 4.76. The predicted molar refractivity (Wildman–Crippen MR) is 68.9 cm³/mol. The molecule has 1 amide bonds. The van der Waals surface area contributed by atoms with Crippen LogP contribution in [0.15, 0.2) is 0 Å². The Kier molecular flexibility index (Phi) is 4.14. The van der Waals surface area contributed by atoms with E-state index in [2.05, 4.69) is 5.32 Å². The van der Waals surface area contributed by atoms with E-state index in [1.807, 2.05) is 0 Å². The van der Waals surface area contributed by atoms with Crippen molar-refractivity contribution < 1.29 is 13.2 Å². The predicted octanol–water partition coefficient (Wildman–Crippen LogP) is 1.33. The molecule has 1 rings (SSSR count). The molecule has 0 radical (unpaired) electrons. The molecule has 100 valence electrons. The third-order valence-electron chi connectivity index (χ3n) is 3.68. The lowest BCUT2D eigenvalue weighted by Gasteiger charge is -2.23. The van der Waals surface area contributed by atoms with E-state index in [4.69, 9.17) is 11.6 Å². The summed E-state index contributed by atoms with van der Waals surface area (Å²) in [5, 5.41) is 2.74. The summed E-state index contributed by atoms with van der Waals surface area (Å²) >= 11 is 5.70. The largest absolute Gasteiger partial charge is 0.354 e. The van der Waals surface area contributed by atoms with Crippen molar-refractivity contribution in [2.75, 3.05) is 18.7 Å². The minimum absolute atomic E-state index is 0.116. The first-order valence-corrected chi connectivity index (χ1v) is 8.11. The van der Waals surface area contributed by atoms with Crippen molar-refractivity contribution in [1.82, 2.24) is 5.32 Å². The van der Waals surface area contributed by atoms with E-state index < -0.39 is 20.5 Å². The molecular weight excluding hydrogens is 262 g/mol. The SMILES string of the molecule is CC(C)(C(=O)NCC1(CCCl)CC1)S(C)(=O)=O. The Morgan fingerprint density at radius 3 is 2.29 bits per heavy atom. The van der Waals surface area contributed by atoms with Crippen LogP contribution in [0, 0.1) is 5.41 Å². The molecule has 0 aromatic rings. The summed E-state index contributed by atoms with van der Waals surface area (Å²) in [4.78, 5) is 11.9. The van der Waals surface area contributed by atoms with Crippen LogP contribution < -0.4 is 5.32 Å². The van der Waals surface area contributed by atoms with Gasteiger partial charge >= 0.3 is 0 Å². The van der Waals surface area contributed by atoms with E-state index in [0.717, 1.165) is 25.5 Å². The van der Waals surface area contributed by atoms with Gasteiger partial charge in [0.1, 0.15) is 4.75 Å². The fraction of sp³-hybridized carbons (Fsp3) is 0.909. The standard InChI is InChI=1S/C11H20ClNO3S/c1-10(2,17(3,15)16)9(14)13-8-11(4-5-11)6-7-12/h4-8H2,1-3H3,(H,13,14). The molecule has 0 aliphatic heterocycles. The third kappa shape index (κ3) is 3.35. The molecule has 0 aromatic heterocycles. The molecule has 0 spiro atoms. The fourth-order valence-corrected chi connectivity index (χ4v) is 2.35. The lowest BCUT2D eigenvalue weighted by atomic mass is 10.0. The third-order valence-corrected chi connectivity index (χ3v) is 5.91. The van der Waals surface area contributed by atoms with Crippen molar-refractivity contribution in [3.8, 4) is 0 Å². The number of halogens is 1. The van der Waals surface area contributed by atoms with Crippen LogP contribution in [0.3, 0.4) is 0 Å². The lowest BCUT2D eigenvalue weighted by Crippen LogP contribution is -2.49. The Hall–Kier alpha value is -0.290. The average molecular weight is 282 g/mol. The summed E-state index contributed by atoms with van der Waals surface area (Å²) < 4.78 is 21.6. The second-order valence-electron chi connectivity index (χ2n) is 5.40. The van der Waals surface area contributed by atoms with Gasteiger partial charge in [-0.2, -0.15) is 0 Å². The molecule has 1 saturated carbocycles. The van der Waals surface area contributed by atoms with Gasteiger partial charge in [0.05, 0.1) is 0 Å². The molecule has 0 atom stereocenters. The van der Waals surface area contributed by atoms with E-state index >= 15 is 0 Å². The zero-order valence-electron chi connectivity index (χ0n) is 10.5. The molecule has 0 saturated heterocycles. The summed E-state index contributed by atoms with van der Waals surface area (Å²) in [6, 6.07) is 0. The molecule has 1 fully saturated rings. The Balaban J connectivity index is 2.56. The van der Waals surface area contributed by atoms with Crippen molar-refractivity contribution >= 4 is 27.3 Å². The average Bonchev–Trinajstić information content (AvgIpc) is 2.94. The number of carbonyl (C=O) groups excluding carboxylic acids is 1. The number of hydrogen-bond donors (Lipinski definition) is 1. The number of alkyl halides is 1. The van der Waals surface area contributed by atoms with Crippen LogP contribution in [0.5, 0.6) is 0 Å². The maximum absolute atomic E-state index is 11.9. The highest BCUT2D eigenvalue weighted by Crippen LogP contribution is 2.48. The first kappa shape index (κ1) is 14.8. The van der Waals surface area contributed by atoms with Crippen LogP contribution in [0.2, 0.25) is 0 Å². The summed E-state index contributed by atoms with van der Waals surface area (Å²) in [5.41, 5.74) is 0.116. The van der Waals surface area contributed by atoms with Gasteiger partial charge in [-0.15, -0.1) is 11.6 Å². The number of nitrogens with one attached hydrogen (secondary N) is 1. The Morgan fingerprint density at radius 2 is 1.94 bits per heavy atom. The first-order valence-electron chi connectivity index (χ1n) is 5.68. The van der Waals surface area contributed by atoms with Crippen LogP contribution in [0.1, 0.15) is 33.1 Å². The number of carbonyl (C=O) groups is 1. The first-order chi connectivity index (χ1) is 7.65. The molecule has 4 nitrogen and oxygen atoms in total. The lowest BCUT2D eigenvalue weighted by molar-refractivity contribution is -0.123. The van der Waals surface area contributed by atoms with Crippen molar-refractivity contribution in [3.05, 3.63) is 0 Å². The van der Waals surface area contributed by atoms with Gasteiger partial charge in [0.15, 0.2) is 9.84 Å². The molecule has 1 aliphatic carbocycles. The van der Waals surface area contributed by atoms with Crippen molar-refractivity contribution in [2.45, 2.75) is 37.9 Å². The zero-order chi connectivity index (χ0) is 13.3. The van der Waals surface area contributed by atoms with Gasteiger partial charge < -0.3 is 5.32 Å². The Labute approximate surface area is 108 Å². The molecule has 0 heterocycles. The highest BCUT2D eigenvalue weighted by Gasteiger charge is 2.44. The Bertz CT molecular complexity index is 399. The van der Waals surface area contributed by atoms with Gasteiger partial charge in [-0.05, 0) is 38.5 Å². The summed E-state index contributed by atoms with van der Waals surface area (Å²) in [6.07, 6.45) is 4.06. The van der Waals surface area contributed by atoms with E-state index in [9.17, 15) is 13.2 Å². The maximum Gasteiger partial charge on any atom is 0.240 e. The van der Waals surface area contributed by atoms with Crippen LogP contribution >= 0.6 is 11.6 Å². The number of rotatable bonds is 6. The molecule has 1 N–H and O–H groups in total. The van der Waals surface area contributed by atoms with Gasteiger partial charge in [0.2, 0.25) is 5.91 Å². The quantitative estimate of drug-likeness (QED) is 0.747. The fourth-order valence-electron chi connectivity index (χ4n) is 1.54. The molecule has 0 unspecified atom stereocenters. The van der Waals surface area contributed by atoms with Gasteiger partial charge in [-0.25, -0.2) is 8.42 Å². The van der Waals surface area contributed by atoms with E-state index in [0.29, 0.717) is 12.4 Å². The van der Waals surface area contributed by atoms with Gasteiger partial charge in [0, 0.05) is 18.7 Å². The van der Waals surface area contributed by atoms with Crippen molar-refractivity contribution in [1.29, 1.82) is 0 Å². The van der Waals surface area contributed by atoms with Crippen LogP contribution in [0.4, 0.5) is 0 Å². The maximum atomic E-state index is 11.9. The highest BCUT2D eigenvalue weighted by molar-refractivity contribution is 7.92.